The number of fused-ring (bicyclic) bond motifs is 3. The molecule has 4 amide bonds. The van der Waals surface area contributed by atoms with Gasteiger partial charge in [-0.05, 0) is 83.3 Å². The van der Waals surface area contributed by atoms with E-state index >= 15 is 0 Å². The number of benzene rings is 1. The number of methoxy groups -OCH3 is 2. The molecule has 17 heteroatoms. The van der Waals surface area contributed by atoms with Crippen LogP contribution in [0.3, 0.4) is 0 Å². The van der Waals surface area contributed by atoms with Gasteiger partial charge in [-0.2, -0.15) is 0 Å². The molecule has 6 aliphatic rings. The average Bonchev–Trinajstić information content (AvgIpc) is 4.04. The number of nitrogens with one attached hydrogen (secondary N) is 3. The van der Waals surface area contributed by atoms with Gasteiger partial charge >= 0.3 is 0 Å². The molecule has 2 aliphatic heterocycles. The number of hydrogen-bond donors (Lipinski definition) is 3. The number of sulfonamides is 1. The van der Waals surface area contributed by atoms with Crippen molar-refractivity contribution in [2.24, 2.45) is 5.92 Å². The minimum absolute atomic E-state index is 0.00860. The van der Waals surface area contributed by atoms with Gasteiger partial charge in [-0.15, -0.1) is 11.3 Å². The molecule has 0 spiro atoms. The Bertz CT molecular complexity index is 2370. The Labute approximate surface area is 353 Å². The van der Waals surface area contributed by atoms with Crippen molar-refractivity contribution in [3.8, 4) is 22.2 Å². The fourth-order valence-electron chi connectivity index (χ4n) is 8.73. The molecule has 320 valence electrons. The summed E-state index contributed by atoms with van der Waals surface area (Å²) in [6.07, 6.45) is 11.0. The van der Waals surface area contributed by atoms with Gasteiger partial charge in [-0.3, -0.25) is 23.9 Å². The van der Waals surface area contributed by atoms with E-state index in [4.69, 9.17) is 24.2 Å². The highest BCUT2D eigenvalue weighted by Gasteiger charge is 2.62. The maximum atomic E-state index is 14.8. The Kier molecular flexibility index (Phi) is 10.7. The van der Waals surface area contributed by atoms with E-state index in [9.17, 15) is 27.6 Å². The lowest BCUT2D eigenvalue weighted by molar-refractivity contribution is -0.144. The molecule has 4 aliphatic carbocycles. The van der Waals surface area contributed by atoms with E-state index in [0.29, 0.717) is 73.6 Å². The summed E-state index contributed by atoms with van der Waals surface area (Å²) in [4.78, 5) is 68.3. The summed E-state index contributed by atoms with van der Waals surface area (Å²) >= 11 is 1.52. The van der Waals surface area contributed by atoms with Gasteiger partial charge < -0.3 is 29.7 Å². The number of thiazole rings is 1. The number of aromatic nitrogens is 2. The van der Waals surface area contributed by atoms with Crippen LogP contribution in [0, 0.1) is 12.8 Å². The maximum Gasteiger partial charge on any atom is 0.259 e. The molecular weight excluding hydrogens is 809 g/mol. The number of ether oxygens (including phenoxy) is 3. The normalized spacial score (nSPS) is 27.8. The number of amides is 4. The van der Waals surface area contributed by atoms with Gasteiger partial charge in [0.1, 0.15) is 51.5 Å². The second-order valence-corrected chi connectivity index (χ2v) is 20.2. The molecule has 0 bridgehead atoms. The highest BCUT2D eigenvalue weighted by atomic mass is 32.2. The first kappa shape index (κ1) is 40.8. The number of rotatable bonds is 11. The molecule has 3 N–H and O–H groups in total. The topological polar surface area (TPSA) is 195 Å². The second-order valence-electron chi connectivity index (χ2n) is 17.4. The minimum atomic E-state index is -3.90. The van der Waals surface area contributed by atoms with Gasteiger partial charge in [0.25, 0.3) is 11.8 Å². The molecule has 1 aromatic carbocycles. The van der Waals surface area contributed by atoms with Gasteiger partial charge in [0.05, 0.1) is 30.1 Å². The fraction of sp³-hybridized carbons (Fsp3) is 0.581. The van der Waals surface area contributed by atoms with Gasteiger partial charge in [0.15, 0.2) is 0 Å². The molecule has 4 heterocycles. The number of nitrogens with zero attached hydrogens (tertiary/aromatic N) is 3. The van der Waals surface area contributed by atoms with Crippen molar-refractivity contribution in [2.45, 2.75) is 131 Å². The highest BCUT2D eigenvalue weighted by molar-refractivity contribution is 7.91. The number of carbonyl (C=O) groups excluding carboxylic acids is 4. The van der Waals surface area contributed by atoms with Crippen molar-refractivity contribution in [2.75, 3.05) is 20.8 Å². The van der Waals surface area contributed by atoms with Crippen LogP contribution in [0.1, 0.15) is 101 Å². The van der Waals surface area contributed by atoms with Crippen LogP contribution in [0.15, 0.2) is 35.7 Å². The van der Waals surface area contributed by atoms with E-state index in [1.165, 1.54) is 23.3 Å². The first-order valence-corrected chi connectivity index (χ1v) is 23.6. The zero-order valence-corrected chi connectivity index (χ0v) is 35.8. The van der Waals surface area contributed by atoms with Crippen LogP contribution < -0.4 is 24.8 Å². The van der Waals surface area contributed by atoms with Gasteiger partial charge in [0.2, 0.25) is 21.8 Å². The average molecular weight is 861 g/mol. The van der Waals surface area contributed by atoms with E-state index < -0.39 is 68.2 Å². The SMILES string of the molecule is COc1ccc2c(OC3CC4C(=O)NC5(C(=O)NS(=O)(=O)C6CC6)CC5C=CCCCCCC(NC(=O)C5(OC)CC5)C(=O)N4C3)cc(-c3nc(C4CC4)cs3)nc2c1C. The Morgan fingerprint density at radius 1 is 1.00 bits per heavy atom. The summed E-state index contributed by atoms with van der Waals surface area (Å²) < 4.78 is 46.2. The number of carbonyl (C=O) groups is 4. The van der Waals surface area contributed by atoms with E-state index in [-0.39, 0.29) is 25.3 Å². The smallest absolute Gasteiger partial charge is 0.259 e. The molecule has 15 nitrogen and oxygen atoms in total. The quantitative estimate of drug-likeness (QED) is 0.229. The van der Waals surface area contributed by atoms with Crippen molar-refractivity contribution < 1.29 is 41.8 Å². The summed E-state index contributed by atoms with van der Waals surface area (Å²) in [5.74, 6) is -0.980. The third-order valence-corrected chi connectivity index (χ3v) is 15.8. The lowest BCUT2D eigenvalue weighted by Crippen LogP contribution is -2.58. The molecule has 1 saturated heterocycles. The van der Waals surface area contributed by atoms with Crippen LogP contribution in [0.25, 0.3) is 21.6 Å². The fourth-order valence-corrected chi connectivity index (χ4v) is 11.0. The second kappa shape index (κ2) is 15.7. The van der Waals surface area contributed by atoms with Gasteiger partial charge in [-0.1, -0.05) is 25.0 Å². The summed E-state index contributed by atoms with van der Waals surface area (Å²) in [7, 11) is -0.811. The van der Waals surface area contributed by atoms with Gasteiger partial charge in [-0.25, -0.2) is 18.4 Å². The Balaban J connectivity index is 1.06. The third-order valence-electron chi connectivity index (χ3n) is 13.1. The molecule has 2 aromatic heterocycles. The maximum absolute atomic E-state index is 14.8. The molecule has 5 fully saturated rings. The molecule has 5 unspecified atom stereocenters. The van der Waals surface area contributed by atoms with Crippen molar-refractivity contribution in [3.63, 3.8) is 0 Å². The number of aryl methyl sites for hydroxylation is 1. The molecule has 3 aromatic rings. The van der Waals surface area contributed by atoms with E-state index in [1.54, 1.807) is 7.11 Å². The van der Waals surface area contributed by atoms with Crippen LogP contribution >= 0.6 is 11.3 Å². The molecule has 5 atom stereocenters. The third kappa shape index (κ3) is 7.88. The first-order valence-electron chi connectivity index (χ1n) is 21.2. The molecule has 0 radical (unpaired) electrons. The molecule has 4 saturated carbocycles. The van der Waals surface area contributed by atoms with E-state index in [2.05, 4.69) is 20.7 Å². The predicted molar refractivity (Wildman–Crippen MR) is 223 cm³/mol. The number of hydrogen-bond acceptors (Lipinski definition) is 12. The Morgan fingerprint density at radius 2 is 1.80 bits per heavy atom. The molecule has 9 rings (SSSR count). The molecular formula is C43H52N6O9S2. The monoisotopic (exact) mass is 860 g/mol. The Hall–Kier alpha value is -4.61. The van der Waals surface area contributed by atoms with Crippen molar-refractivity contribution in [1.82, 2.24) is 30.2 Å². The number of pyridine rings is 1. The highest BCUT2D eigenvalue weighted by Crippen LogP contribution is 2.47. The summed E-state index contributed by atoms with van der Waals surface area (Å²) in [5.41, 5.74) is 0.685. The largest absolute Gasteiger partial charge is 0.496 e. The standard InChI is InChI=1S/C43H52N6O9S2/c1-24-34(56-2)16-15-29-35(20-31(44-36(24)29)38-45-32(23-59-38)25-11-12-25)58-27-19-33-37(50)47-43(41(53)48-60(54,55)28-13-14-28)21-26(43)9-7-5-4-6-8-10-30(39(51)49(33)22-27)46-40(52)42(57-3)17-18-42/h7,9,15-16,20,23,25-28,30,33H,4-6,8,10-14,17-19,21-22H2,1-3H3,(H,46,52)(H,47,50)(H,48,53). The predicted octanol–water partition coefficient (Wildman–Crippen LogP) is 4.57. The summed E-state index contributed by atoms with van der Waals surface area (Å²) in [6.45, 7) is 1.94. The number of allylic oxidation sites excluding steroid dienone is 1. The lowest BCUT2D eigenvalue weighted by atomic mass is 10.0. The van der Waals surface area contributed by atoms with Crippen LogP contribution in [-0.2, 0) is 33.9 Å². The first-order chi connectivity index (χ1) is 28.8. The van der Waals surface area contributed by atoms with Crippen LogP contribution in [0.5, 0.6) is 11.5 Å². The zero-order chi connectivity index (χ0) is 42.0. The van der Waals surface area contributed by atoms with Crippen LogP contribution in [-0.4, -0.2) is 102 Å². The zero-order valence-electron chi connectivity index (χ0n) is 34.2. The van der Waals surface area contributed by atoms with Gasteiger partial charge in [0, 0.05) is 47.8 Å². The van der Waals surface area contributed by atoms with Crippen molar-refractivity contribution in [3.05, 3.63) is 47.0 Å². The molecule has 60 heavy (non-hydrogen) atoms. The van der Waals surface area contributed by atoms with Crippen LogP contribution in [0.2, 0.25) is 0 Å². The lowest BCUT2D eigenvalue weighted by Gasteiger charge is -2.30. The van der Waals surface area contributed by atoms with Crippen LogP contribution in [0.4, 0.5) is 0 Å². The van der Waals surface area contributed by atoms with E-state index in [1.807, 2.05) is 37.3 Å². The van der Waals surface area contributed by atoms with Crippen molar-refractivity contribution in [1.29, 1.82) is 0 Å². The minimum Gasteiger partial charge on any atom is -0.496 e. The Morgan fingerprint density at radius 3 is 2.52 bits per heavy atom. The van der Waals surface area contributed by atoms with Crippen molar-refractivity contribution >= 4 is 55.9 Å². The summed E-state index contributed by atoms with van der Waals surface area (Å²) in [5, 5.41) is 8.83. The van der Waals surface area contributed by atoms with E-state index in [0.717, 1.165) is 47.3 Å². The summed E-state index contributed by atoms with van der Waals surface area (Å²) in [6, 6.07) is 3.54.